The highest BCUT2D eigenvalue weighted by atomic mass is 16.5. The summed E-state index contributed by atoms with van der Waals surface area (Å²) >= 11 is 0. The molecule has 0 unspecified atom stereocenters. The van der Waals surface area contributed by atoms with Crippen LogP contribution in [-0.2, 0) is 9.53 Å². The van der Waals surface area contributed by atoms with Crippen LogP contribution >= 0.6 is 0 Å². The number of H-pyrrole nitrogens is 1. The van der Waals surface area contributed by atoms with Crippen LogP contribution in [0.15, 0.2) is 30.3 Å². The van der Waals surface area contributed by atoms with Crippen LogP contribution in [0.1, 0.15) is 31.5 Å². The monoisotopic (exact) mass is 355 g/mol. The Morgan fingerprint density at radius 2 is 2.00 bits per heavy atom. The molecule has 2 aromatic rings. The minimum absolute atomic E-state index is 0.0725. The number of aromatic amines is 1. The second kappa shape index (κ2) is 7.55. The standard InChI is InChI=1S/C19H25N5O2/c1-13-16(20-9-12-26-13)19(25)24-10-7-15(8-11-24)18-21-17(22-23-18)14-5-3-2-4-6-14/h2-6,13,15-16,20H,7-12H2,1H3,(H,21,22,23)/t13-,16+/m1/s1. The molecular formula is C19H25N5O2. The third-order valence-electron chi connectivity index (χ3n) is 5.31. The Kier molecular flexibility index (Phi) is 4.99. The summed E-state index contributed by atoms with van der Waals surface area (Å²) in [5.74, 6) is 2.12. The third-order valence-corrected chi connectivity index (χ3v) is 5.31. The molecular weight excluding hydrogens is 330 g/mol. The topological polar surface area (TPSA) is 83.1 Å². The zero-order chi connectivity index (χ0) is 17.9. The molecule has 0 aliphatic carbocycles. The van der Waals surface area contributed by atoms with Gasteiger partial charge in [-0.2, -0.15) is 5.10 Å². The number of morpholine rings is 1. The third kappa shape index (κ3) is 3.50. The molecule has 2 N–H and O–H groups in total. The number of nitrogens with one attached hydrogen (secondary N) is 2. The summed E-state index contributed by atoms with van der Waals surface area (Å²) in [7, 11) is 0. The molecule has 7 heteroatoms. The quantitative estimate of drug-likeness (QED) is 0.873. The number of carbonyl (C=O) groups excluding carboxylic acids is 1. The number of aromatic nitrogens is 3. The molecule has 4 rings (SSSR count). The van der Waals surface area contributed by atoms with Crippen molar-refractivity contribution in [2.45, 2.75) is 37.8 Å². The maximum atomic E-state index is 12.7. The largest absolute Gasteiger partial charge is 0.375 e. The maximum Gasteiger partial charge on any atom is 0.242 e. The van der Waals surface area contributed by atoms with E-state index in [1.165, 1.54) is 0 Å². The fourth-order valence-corrected chi connectivity index (χ4v) is 3.75. The van der Waals surface area contributed by atoms with E-state index in [1.807, 2.05) is 42.2 Å². The van der Waals surface area contributed by atoms with E-state index in [4.69, 9.17) is 4.74 Å². The average Bonchev–Trinajstić information content (AvgIpc) is 3.19. The van der Waals surface area contributed by atoms with E-state index in [0.29, 0.717) is 12.5 Å². The highest BCUT2D eigenvalue weighted by molar-refractivity contribution is 5.82. The Labute approximate surface area is 153 Å². The molecule has 7 nitrogen and oxygen atoms in total. The Morgan fingerprint density at radius 3 is 2.73 bits per heavy atom. The van der Waals surface area contributed by atoms with Crippen LogP contribution < -0.4 is 5.32 Å². The molecule has 2 fully saturated rings. The van der Waals surface area contributed by atoms with Gasteiger partial charge in [0.1, 0.15) is 11.9 Å². The van der Waals surface area contributed by atoms with E-state index in [9.17, 15) is 4.79 Å². The van der Waals surface area contributed by atoms with E-state index in [0.717, 1.165) is 49.7 Å². The first-order chi connectivity index (χ1) is 12.7. The van der Waals surface area contributed by atoms with E-state index in [1.54, 1.807) is 0 Å². The molecule has 0 bridgehead atoms. The van der Waals surface area contributed by atoms with Crippen LogP contribution in [0.2, 0.25) is 0 Å². The van der Waals surface area contributed by atoms with Crippen LogP contribution in [0.3, 0.4) is 0 Å². The molecule has 1 amide bonds. The summed E-state index contributed by atoms with van der Waals surface area (Å²) in [5, 5.41) is 10.7. The first kappa shape index (κ1) is 17.2. The molecule has 138 valence electrons. The number of carbonyl (C=O) groups is 1. The predicted molar refractivity (Wildman–Crippen MR) is 97.6 cm³/mol. The second-order valence-corrected chi connectivity index (χ2v) is 7.02. The van der Waals surface area contributed by atoms with Crippen LogP contribution in [0, 0.1) is 0 Å². The summed E-state index contributed by atoms with van der Waals surface area (Å²) in [6.07, 6.45) is 1.73. The van der Waals surface area contributed by atoms with Crippen molar-refractivity contribution >= 4 is 5.91 Å². The first-order valence-electron chi connectivity index (χ1n) is 9.34. The van der Waals surface area contributed by atoms with Gasteiger partial charge in [0, 0.05) is 31.1 Å². The van der Waals surface area contributed by atoms with E-state index in [-0.39, 0.29) is 18.1 Å². The summed E-state index contributed by atoms with van der Waals surface area (Å²) in [5.41, 5.74) is 1.01. The molecule has 0 saturated carbocycles. The van der Waals surface area contributed by atoms with Crippen LogP contribution in [0.25, 0.3) is 11.4 Å². The molecule has 0 radical (unpaired) electrons. The van der Waals surface area contributed by atoms with Crippen molar-refractivity contribution in [3.05, 3.63) is 36.2 Å². The molecule has 2 atom stereocenters. The Balaban J connectivity index is 1.36. The normalized spacial score (nSPS) is 24.6. The molecule has 1 aromatic carbocycles. The number of ether oxygens (including phenoxy) is 1. The van der Waals surface area contributed by atoms with Crippen molar-refractivity contribution in [3.8, 4) is 11.4 Å². The Hall–Kier alpha value is -2.25. The number of hydrogen-bond acceptors (Lipinski definition) is 5. The lowest BCUT2D eigenvalue weighted by Gasteiger charge is -2.37. The molecule has 2 aliphatic rings. The lowest BCUT2D eigenvalue weighted by Crippen LogP contribution is -2.57. The zero-order valence-corrected chi connectivity index (χ0v) is 15.0. The number of amides is 1. The van der Waals surface area contributed by atoms with E-state index < -0.39 is 0 Å². The number of hydrogen-bond donors (Lipinski definition) is 2. The molecule has 3 heterocycles. The van der Waals surface area contributed by atoms with Gasteiger partial charge in [-0.15, -0.1) is 0 Å². The average molecular weight is 355 g/mol. The summed E-state index contributed by atoms with van der Waals surface area (Å²) in [4.78, 5) is 19.4. The van der Waals surface area contributed by atoms with Gasteiger partial charge in [0.05, 0.1) is 12.7 Å². The van der Waals surface area contributed by atoms with Gasteiger partial charge >= 0.3 is 0 Å². The van der Waals surface area contributed by atoms with E-state index in [2.05, 4.69) is 20.5 Å². The van der Waals surface area contributed by atoms with Crippen molar-refractivity contribution in [3.63, 3.8) is 0 Å². The van der Waals surface area contributed by atoms with Crippen molar-refractivity contribution in [1.82, 2.24) is 25.4 Å². The van der Waals surface area contributed by atoms with E-state index >= 15 is 0 Å². The lowest BCUT2D eigenvalue weighted by molar-refractivity contribution is -0.140. The fraction of sp³-hybridized carbons (Fsp3) is 0.526. The maximum absolute atomic E-state index is 12.7. The van der Waals surface area contributed by atoms with Gasteiger partial charge in [0.25, 0.3) is 0 Å². The number of rotatable bonds is 3. The van der Waals surface area contributed by atoms with Crippen molar-refractivity contribution in [2.24, 2.45) is 0 Å². The molecule has 1 aromatic heterocycles. The van der Waals surface area contributed by atoms with Crippen molar-refractivity contribution < 1.29 is 9.53 Å². The van der Waals surface area contributed by atoms with Crippen LogP contribution in [-0.4, -0.2) is 64.4 Å². The summed E-state index contributed by atoms with van der Waals surface area (Å²) in [6.45, 7) is 4.85. The molecule has 26 heavy (non-hydrogen) atoms. The zero-order valence-electron chi connectivity index (χ0n) is 15.0. The first-order valence-corrected chi connectivity index (χ1v) is 9.34. The minimum atomic E-state index is -0.227. The highest BCUT2D eigenvalue weighted by Gasteiger charge is 2.34. The minimum Gasteiger partial charge on any atom is -0.375 e. The van der Waals surface area contributed by atoms with Crippen molar-refractivity contribution in [2.75, 3.05) is 26.2 Å². The summed E-state index contributed by atoms with van der Waals surface area (Å²) < 4.78 is 5.60. The number of nitrogens with zero attached hydrogens (tertiary/aromatic N) is 3. The number of piperidine rings is 1. The summed E-state index contributed by atoms with van der Waals surface area (Å²) in [6, 6.07) is 9.74. The van der Waals surface area contributed by atoms with Gasteiger partial charge in [-0.3, -0.25) is 9.89 Å². The van der Waals surface area contributed by atoms with Crippen LogP contribution in [0.5, 0.6) is 0 Å². The lowest BCUT2D eigenvalue weighted by atomic mass is 9.95. The van der Waals surface area contributed by atoms with Gasteiger partial charge in [0.15, 0.2) is 5.82 Å². The molecule has 2 saturated heterocycles. The van der Waals surface area contributed by atoms with Gasteiger partial charge in [-0.05, 0) is 19.8 Å². The van der Waals surface area contributed by atoms with Crippen LogP contribution in [0.4, 0.5) is 0 Å². The smallest absolute Gasteiger partial charge is 0.242 e. The predicted octanol–water partition coefficient (Wildman–Crippen LogP) is 1.55. The number of likely N-dealkylation sites (tertiary alicyclic amines) is 1. The molecule has 2 aliphatic heterocycles. The SMILES string of the molecule is C[C@H]1OCCN[C@@H]1C(=O)N1CCC(c2nc(-c3ccccc3)n[nH]2)CC1. The Morgan fingerprint density at radius 1 is 1.23 bits per heavy atom. The van der Waals surface area contributed by atoms with Gasteiger partial charge < -0.3 is 15.0 Å². The van der Waals surface area contributed by atoms with Gasteiger partial charge in [-0.1, -0.05) is 30.3 Å². The second-order valence-electron chi connectivity index (χ2n) is 7.02. The van der Waals surface area contributed by atoms with Crippen molar-refractivity contribution in [1.29, 1.82) is 0 Å². The highest BCUT2D eigenvalue weighted by Crippen LogP contribution is 2.27. The fourth-order valence-electron chi connectivity index (χ4n) is 3.75. The van der Waals surface area contributed by atoms with Gasteiger partial charge in [-0.25, -0.2) is 4.98 Å². The molecule has 0 spiro atoms. The van der Waals surface area contributed by atoms with Gasteiger partial charge in [0.2, 0.25) is 5.91 Å². The Bertz CT molecular complexity index is 739. The number of benzene rings is 1.